The quantitative estimate of drug-likeness (QED) is 0.863. The zero-order valence-corrected chi connectivity index (χ0v) is 14.1. The van der Waals surface area contributed by atoms with Crippen molar-refractivity contribution in [2.24, 2.45) is 5.92 Å². The number of hydrogen-bond donors (Lipinski definition) is 1. The monoisotopic (exact) mass is 320 g/mol. The summed E-state index contributed by atoms with van der Waals surface area (Å²) in [5, 5.41) is 3.59. The maximum Gasteiger partial charge on any atom is 0.0991 e. The number of nitrogens with zero attached hydrogens (tertiary/aromatic N) is 1. The second-order valence-corrected chi connectivity index (χ2v) is 7.94. The molecule has 2 heterocycles. The summed E-state index contributed by atoms with van der Waals surface area (Å²) in [7, 11) is 0. The normalized spacial score (nSPS) is 22.3. The predicted molar refractivity (Wildman–Crippen MR) is 85.6 cm³/mol. The molecule has 2 atom stereocenters. The molecule has 1 aromatic rings. The van der Waals surface area contributed by atoms with Crippen molar-refractivity contribution < 1.29 is 0 Å². The number of hydrogen-bond acceptors (Lipinski definition) is 3. The fraction of sp³-hybridized carbons (Fsp3) is 0.714. The van der Waals surface area contributed by atoms with E-state index in [0.717, 1.165) is 26.7 Å². The van der Waals surface area contributed by atoms with Gasteiger partial charge in [-0.25, -0.2) is 0 Å². The van der Waals surface area contributed by atoms with Gasteiger partial charge in [-0.3, -0.25) is 0 Å². The lowest BCUT2D eigenvalue weighted by molar-refractivity contribution is 0.263. The first-order valence-electron chi connectivity index (χ1n) is 6.89. The van der Waals surface area contributed by atoms with E-state index in [9.17, 15) is 0 Å². The molecule has 1 saturated heterocycles. The summed E-state index contributed by atoms with van der Waals surface area (Å²) >= 11 is 13.6. The van der Waals surface area contributed by atoms with Crippen LogP contribution in [0.3, 0.4) is 0 Å². The molecule has 0 bridgehead atoms. The summed E-state index contributed by atoms with van der Waals surface area (Å²) < 4.78 is 1.57. The van der Waals surface area contributed by atoms with Gasteiger partial charge in [0.25, 0.3) is 0 Å². The van der Waals surface area contributed by atoms with Gasteiger partial charge in [-0.05, 0) is 57.8 Å². The first kappa shape index (κ1) is 15.6. The standard InChI is InChI=1S/C14H22Cl2N2S/c1-9(2)18-5-4-11(8-18)7-17-10(3)12-6-13(15)19-14(12)16/h6,9-11,17H,4-5,7-8H2,1-3H3. The second kappa shape index (κ2) is 6.77. The summed E-state index contributed by atoms with van der Waals surface area (Å²) in [4.78, 5) is 2.55. The molecule has 1 aromatic heterocycles. The lowest BCUT2D eigenvalue weighted by Gasteiger charge is -2.21. The van der Waals surface area contributed by atoms with Crippen LogP contribution >= 0.6 is 34.5 Å². The summed E-state index contributed by atoms with van der Waals surface area (Å²) in [5.74, 6) is 0.748. The third kappa shape index (κ3) is 4.08. The van der Waals surface area contributed by atoms with Crippen molar-refractivity contribution in [1.29, 1.82) is 0 Å². The molecule has 1 N–H and O–H groups in total. The first-order valence-corrected chi connectivity index (χ1v) is 8.46. The van der Waals surface area contributed by atoms with Crippen molar-refractivity contribution in [3.8, 4) is 0 Å². The average molecular weight is 321 g/mol. The highest BCUT2D eigenvalue weighted by Gasteiger charge is 2.24. The van der Waals surface area contributed by atoms with Crippen LogP contribution in [-0.4, -0.2) is 30.6 Å². The Morgan fingerprint density at radius 3 is 2.68 bits per heavy atom. The third-order valence-corrected chi connectivity index (χ3v) is 5.43. The van der Waals surface area contributed by atoms with E-state index in [4.69, 9.17) is 23.2 Å². The Hall–Kier alpha value is 0.200. The smallest absolute Gasteiger partial charge is 0.0991 e. The van der Waals surface area contributed by atoms with Gasteiger partial charge >= 0.3 is 0 Å². The molecule has 1 aliphatic rings. The van der Waals surface area contributed by atoms with Gasteiger partial charge in [0.05, 0.1) is 8.67 Å². The molecule has 2 unspecified atom stereocenters. The average Bonchev–Trinajstić information content (AvgIpc) is 2.93. The Morgan fingerprint density at radius 1 is 1.42 bits per heavy atom. The molecular weight excluding hydrogens is 299 g/mol. The van der Waals surface area contributed by atoms with E-state index >= 15 is 0 Å². The van der Waals surface area contributed by atoms with Crippen molar-refractivity contribution in [3.05, 3.63) is 20.3 Å². The van der Waals surface area contributed by atoms with Gasteiger partial charge in [-0.1, -0.05) is 23.2 Å². The van der Waals surface area contributed by atoms with Crippen LogP contribution in [0.1, 0.15) is 38.8 Å². The Morgan fingerprint density at radius 2 is 2.16 bits per heavy atom. The van der Waals surface area contributed by atoms with Crippen LogP contribution in [0.4, 0.5) is 0 Å². The molecule has 19 heavy (non-hydrogen) atoms. The SMILES string of the molecule is CC(NCC1CCN(C(C)C)C1)c1cc(Cl)sc1Cl. The minimum absolute atomic E-state index is 0.268. The van der Waals surface area contributed by atoms with Crippen molar-refractivity contribution >= 4 is 34.5 Å². The Kier molecular flexibility index (Phi) is 5.55. The van der Waals surface area contributed by atoms with Crippen molar-refractivity contribution in [2.45, 2.75) is 39.3 Å². The van der Waals surface area contributed by atoms with Gasteiger partial charge in [-0.15, -0.1) is 11.3 Å². The number of rotatable bonds is 5. The molecule has 0 saturated carbocycles. The number of halogens is 2. The van der Waals surface area contributed by atoms with Crippen molar-refractivity contribution in [3.63, 3.8) is 0 Å². The second-order valence-electron chi connectivity index (χ2n) is 5.65. The molecule has 1 fully saturated rings. The molecular formula is C14H22Cl2N2S. The third-order valence-electron chi connectivity index (χ3n) is 3.91. The van der Waals surface area contributed by atoms with Crippen LogP contribution in [0.25, 0.3) is 0 Å². The maximum atomic E-state index is 6.19. The van der Waals surface area contributed by atoms with E-state index in [1.54, 1.807) is 0 Å². The Balaban J connectivity index is 1.81. The minimum atomic E-state index is 0.268. The van der Waals surface area contributed by atoms with E-state index in [0.29, 0.717) is 6.04 Å². The van der Waals surface area contributed by atoms with Gasteiger partial charge in [0, 0.05) is 18.6 Å². The van der Waals surface area contributed by atoms with Gasteiger partial charge < -0.3 is 10.2 Å². The molecule has 0 aromatic carbocycles. The van der Waals surface area contributed by atoms with Crippen molar-refractivity contribution in [1.82, 2.24) is 10.2 Å². The predicted octanol–water partition coefficient (Wildman–Crippen LogP) is 4.44. The van der Waals surface area contributed by atoms with E-state index in [1.165, 1.54) is 30.8 Å². The first-order chi connectivity index (χ1) is 8.97. The molecule has 5 heteroatoms. The maximum absolute atomic E-state index is 6.19. The van der Waals surface area contributed by atoms with Gasteiger partial charge in [-0.2, -0.15) is 0 Å². The zero-order chi connectivity index (χ0) is 14.0. The van der Waals surface area contributed by atoms with Crippen LogP contribution in [0.5, 0.6) is 0 Å². The Labute approximate surface area is 130 Å². The molecule has 108 valence electrons. The fourth-order valence-corrected chi connectivity index (χ4v) is 4.25. The molecule has 2 rings (SSSR count). The van der Waals surface area contributed by atoms with Crippen LogP contribution < -0.4 is 5.32 Å². The van der Waals surface area contributed by atoms with Crippen LogP contribution in [0.2, 0.25) is 8.67 Å². The van der Waals surface area contributed by atoms with Gasteiger partial charge in [0.1, 0.15) is 0 Å². The Bertz CT molecular complexity index is 420. The number of nitrogens with one attached hydrogen (secondary N) is 1. The van der Waals surface area contributed by atoms with Crippen LogP contribution in [0, 0.1) is 5.92 Å². The van der Waals surface area contributed by atoms with Gasteiger partial charge in [0.2, 0.25) is 0 Å². The highest BCUT2D eigenvalue weighted by atomic mass is 35.5. The highest BCUT2D eigenvalue weighted by molar-refractivity contribution is 7.20. The fourth-order valence-electron chi connectivity index (χ4n) is 2.60. The van der Waals surface area contributed by atoms with Crippen LogP contribution in [-0.2, 0) is 0 Å². The number of thiophene rings is 1. The minimum Gasteiger partial charge on any atom is -0.310 e. The van der Waals surface area contributed by atoms with Crippen molar-refractivity contribution in [2.75, 3.05) is 19.6 Å². The lowest BCUT2D eigenvalue weighted by Crippen LogP contribution is -2.31. The summed E-state index contributed by atoms with van der Waals surface area (Å²) in [6.07, 6.45) is 1.29. The van der Waals surface area contributed by atoms with Crippen LogP contribution in [0.15, 0.2) is 6.07 Å². The molecule has 0 amide bonds. The van der Waals surface area contributed by atoms with E-state index in [2.05, 4.69) is 31.0 Å². The summed E-state index contributed by atoms with van der Waals surface area (Å²) in [6, 6.07) is 2.90. The lowest BCUT2D eigenvalue weighted by atomic mass is 10.1. The highest BCUT2D eigenvalue weighted by Crippen LogP contribution is 2.34. The summed E-state index contributed by atoms with van der Waals surface area (Å²) in [5.41, 5.74) is 1.12. The van der Waals surface area contributed by atoms with E-state index in [1.807, 2.05) is 6.07 Å². The topological polar surface area (TPSA) is 15.3 Å². The van der Waals surface area contributed by atoms with E-state index < -0.39 is 0 Å². The molecule has 2 nitrogen and oxygen atoms in total. The largest absolute Gasteiger partial charge is 0.310 e. The molecule has 1 aliphatic heterocycles. The molecule has 0 radical (unpaired) electrons. The zero-order valence-electron chi connectivity index (χ0n) is 11.7. The van der Waals surface area contributed by atoms with E-state index in [-0.39, 0.29) is 6.04 Å². The molecule has 0 aliphatic carbocycles. The summed E-state index contributed by atoms with van der Waals surface area (Å²) in [6.45, 7) is 10.2. The molecule has 0 spiro atoms. The van der Waals surface area contributed by atoms with Gasteiger partial charge in [0.15, 0.2) is 0 Å². The number of likely N-dealkylation sites (tertiary alicyclic amines) is 1.